The van der Waals surface area contributed by atoms with Gasteiger partial charge in [-0.15, -0.1) is 0 Å². The molecule has 0 atom stereocenters. The zero-order valence-corrected chi connectivity index (χ0v) is 13.5. The molecule has 0 saturated heterocycles. The number of anilines is 3. The summed E-state index contributed by atoms with van der Waals surface area (Å²) in [6, 6.07) is 10.8. The van der Waals surface area contributed by atoms with E-state index in [0.717, 1.165) is 29.7 Å². The van der Waals surface area contributed by atoms with Crippen LogP contribution in [0.4, 0.5) is 17.3 Å². The first-order valence-corrected chi connectivity index (χ1v) is 7.46. The number of hydrogen-bond acceptors (Lipinski definition) is 4. The Morgan fingerprint density at radius 2 is 1.90 bits per heavy atom. The van der Waals surface area contributed by atoms with E-state index in [4.69, 9.17) is 0 Å². The highest BCUT2D eigenvalue weighted by Crippen LogP contribution is 2.26. The first-order chi connectivity index (χ1) is 9.99. The molecule has 1 N–H and O–H groups in total. The van der Waals surface area contributed by atoms with Crippen LogP contribution < -0.4 is 10.2 Å². The van der Waals surface area contributed by atoms with E-state index in [0.29, 0.717) is 6.04 Å². The molecule has 0 saturated carbocycles. The lowest BCUT2D eigenvalue weighted by Crippen LogP contribution is -2.19. The van der Waals surface area contributed by atoms with Crippen LogP contribution in [0.15, 0.2) is 30.3 Å². The lowest BCUT2D eigenvalue weighted by molar-refractivity contribution is 0.875. The summed E-state index contributed by atoms with van der Waals surface area (Å²) in [6.45, 7) is 11.2. The quantitative estimate of drug-likeness (QED) is 0.898. The van der Waals surface area contributed by atoms with Crippen molar-refractivity contribution in [1.29, 1.82) is 0 Å². The summed E-state index contributed by atoms with van der Waals surface area (Å²) < 4.78 is 0. The zero-order chi connectivity index (χ0) is 15.4. The molecule has 0 amide bonds. The standard InChI is InChI=1S/C17H24N4/c1-6-21(15-9-7-8-13(4)10-15)17-11-16(18-12(2)3)19-14(5)20-17/h7-12H,6H2,1-5H3,(H,18,19,20). The van der Waals surface area contributed by atoms with Crippen molar-refractivity contribution >= 4 is 17.3 Å². The molecule has 112 valence electrons. The summed E-state index contributed by atoms with van der Waals surface area (Å²) >= 11 is 0. The van der Waals surface area contributed by atoms with Crippen LogP contribution in [0.2, 0.25) is 0 Å². The fourth-order valence-electron chi connectivity index (χ4n) is 2.33. The second-order valence-corrected chi connectivity index (χ2v) is 5.54. The maximum Gasteiger partial charge on any atom is 0.138 e. The molecule has 0 aliphatic rings. The van der Waals surface area contributed by atoms with Gasteiger partial charge in [0.05, 0.1) is 0 Å². The Labute approximate surface area is 127 Å². The summed E-state index contributed by atoms with van der Waals surface area (Å²) in [6.07, 6.45) is 0. The van der Waals surface area contributed by atoms with Crippen molar-refractivity contribution in [1.82, 2.24) is 9.97 Å². The first kappa shape index (κ1) is 15.3. The Balaban J connectivity index is 2.40. The number of nitrogens with one attached hydrogen (secondary N) is 1. The molecule has 1 heterocycles. The van der Waals surface area contributed by atoms with Gasteiger partial charge in [0.25, 0.3) is 0 Å². The molecule has 0 radical (unpaired) electrons. The van der Waals surface area contributed by atoms with E-state index in [2.05, 4.69) is 72.1 Å². The topological polar surface area (TPSA) is 41.0 Å². The van der Waals surface area contributed by atoms with Gasteiger partial charge in [-0.1, -0.05) is 12.1 Å². The number of rotatable bonds is 5. The molecule has 2 aromatic rings. The zero-order valence-electron chi connectivity index (χ0n) is 13.5. The minimum atomic E-state index is 0.348. The van der Waals surface area contributed by atoms with Crippen molar-refractivity contribution in [2.45, 2.75) is 40.7 Å². The highest BCUT2D eigenvalue weighted by Gasteiger charge is 2.11. The summed E-state index contributed by atoms with van der Waals surface area (Å²) in [5, 5.41) is 3.35. The van der Waals surface area contributed by atoms with Crippen LogP contribution in [-0.2, 0) is 0 Å². The summed E-state index contributed by atoms with van der Waals surface area (Å²) in [5.74, 6) is 2.58. The van der Waals surface area contributed by atoms with Crippen molar-refractivity contribution in [2.24, 2.45) is 0 Å². The number of aromatic nitrogens is 2. The van der Waals surface area contributed by atoms with E-state index >= 15 is 0 Å². The summed E-state index contributed by atoms with van der Waals surface area (Å²) in [5.41, 5.74) is 2.41. The van der Waals surface area contributed by atoms with Gasteiger partial charge < -0.3 is 10.2 Å². The molecular weight excluding hydrogens is 260 g/mol. The Hall–Kier alpha value is -2.10. The van der Waals surface area contributed by atoms with Crippen LogP contribution in [0, 0.1) is 13.8 Å². The highest BCUT2D eigenvalue weighted by molar-refractivity contribution is 5.63. The van der Waals surface area contributed by atoms with Gasteiger partial charge in [-0.05, 0) is 52.3 Å². The van der Waals surface area contributed by atoms with E-state index in [1.54, 1.807) is 0 Å². The van der Waals surface area contributed by atoms with Gasteiger partial charge in [0, 0.05) is 24.3 Å². The maximum atomic E-state index is 4.59. The summed E-state index contributed by atoms with van der Waals surface area (Å²) in [4.78, 5) is 11.2. The van der Waals surface area contributed by atoms with Gasteiger partial charge >= 0.3 is 0 Å². The number of benzene rings is 1. The van der Waals surface area contributed by atoms with Crippen LogP contribution in [0.3, 0.4) is 0 Å². The molecule has 21 heavy (non-hydrogen) atoms. The van der Waals surface area contributed by atoms with Gasteiger partial charge in [-0.25, -0.2) is 9.97 Å². The Kier molecular flexibility index (Phi) is 4.78. The molecule has 2 rings (SSSR count). The van der Waals surface area contributed by atoms with Gasteiger partial charge in [-0.2, -0.15) is 0 Å². The second-order valence-electron chi connectivity index (χ2n) is 5.54. The minimum Gasteiger partial charge on any atom is -0.368 e. The predicted octanol–water partition coefficient (Wildman–Crippen LogP) is 4.07. The monoisotopic (exact) mass is 284 g/mol. The second kappa shape index (κ2) is 6.57. The molecule has 0 aliphatic heterocycles. The third-order valence-corrected chi connectivity index (χ3v) is 3.17. The van der Waals surface area contributed by atoms with Crippen LogP contribution in [-0.4, -0.2) is 22.6 Å². The Bertz CT molecular complexity index is 607. The molecule has 0 aliphatic carbocycles. The van der Waals surface area contributed by atoms with Gasteiger partial charge in [0.1, 0.15) is 17.5 Å². The third-order valence-electron chi connectivity index (χ3n) is 3.17. The molecule has 0 bridgehead atoms. The Morgan fingerprint density at radius 3 is 2.52 bits per heavy atom. The smallest absolute Gasteiger partial charge is 0.138 e. The molecule has 1 aromatic heterocycles. The fourth-order valence-corrected chi connectivity index (χ4v) is 2.33. The predicted molar refractivity (Wildman–Crippen MR) is 89.4 cm³/mol. The van der Waals surface area contributed by atoms with E-state index in [9.17, 15) is 0 Å². The van der Waals surface area contributed by atoms with Crippen LogP contribution in [0.1, 0.15) is 32.2 Å². The SMILES string of the molecule is CCN(c1cccc(C)c1)c1cc(NC(C)C)nc(C)n1. The summed E-state index contributed by atoms with van der Waals surface area (Å²) in [7, 11) is 0. The van der Waals surface area contributed by atoms with E-state index in [-0.39, 0.29) is 0 Å². The highest BCUT2D eigenvalue weighted by atomic mass is 15.2. The van der Waals surface area contributed by atoms with E-state index in [1.807, 2.05) is 13.0 Å². The first-order valence-electron chi connectivity index (χ1n) is 7.46. The van der Waals surface area contributed by atoms with Crippen LogP contribution in [0.25, 0.3) is 0 Å². The third kappa shape index (κ3) is 3.94. The lowest BCUT2D eigenvalue weighted by atomic mass is 10.2. The molecule has 1 aromatic carbocycles. The van der Waals surface area contributed by atoms with E-state index < -0.39 is 0 Å². The van der Waals surface area contributed by atoms with Gasteiger partial charge in [0.2, 0.25) is 0 Å². The van der Waals surface area contributed by atoms with Gasteiger partial charge in [0.15, 0.2) is 0 Å². The Morgan fingerprint density at radius 1 is 1.14 bits per heavy atom. The van der Waals surface area contributed by atoms with Crippen molar-refractivity contribution < 1.29 is 0 Å². The fraction of sp³-hybridized carbons (Fsp3) is 0.412. The van der Waals surface area contributed by atoms with Crippen molar-refractivity contribution in [3.8, 4) is 0 Å². The van der Waals surface area contributed by atoms with Crippen LogP contribution in [0.5, 0.6) is 0 Å². The number of nitrogens with zero attached hydrogens (tertiary/aromatic N) is 3. The molecule has 0 unspecified atom stereocenters. The lowest BCUT2D eigenvalue weighted by Gasteiger charge is -2.23. The molecule has 4 heteroatoms. The van der Waals surface area contributed by atoms with Crippen molar-refractivity contribution in [3.05, 3.63) is 41.7 Å². The van der Waals surface area contributed by atoms with Crippen molar-refractivity contribution in [3.63, 3.8) is 0 Å². The number of hydrogen-bond donors (Lipinski definition) is 1. The maximum absolute atomic E-state index is 4.59. The molecular formula is C17H24N4. The van der Waals surface area contributed by atoms with Gasteiger partial charge in [-0.3, -0.25) is 0 Å². The van der Waals surface area contributed by atoms with E-state index in [1.165, 1.54) is 5.56 Å². The minimum absolute atomic E-state index is 0.348. The molecule has 0 spiro atoms. The van der Waals surface area contributed by atoms with Crippen molar-refractivity contribution in [2.75, 3.05) is 16.8 Å². The largest absolute Gasteiger partial charge is 0.368 e. The molecule has 4 nitrogen and oxygen atoms in total. The molecule has 0 fully saturated rings. The average molecular weight is 284 g/mol. The van der Waals surface area contributed by atoms with Crippen LogP contribution >= 0.6 is 0 Å². The normalized spacial score (nSPS) is 10.8. The number of aryl methyl sites for hydroxylation is 2. The average Bonchev–Trinajstić information content (AvgIpc) is 2.38.